The first-order valence-electron chi connectivity index (χ1n) is 2.77. The van der Waals surface area contributed by atoms with Gasteiger partial charge in [0.1, 0.15) is 0 Å². The molecule has 4 heteroatoms. The summed E-state index contributed by atoms with van der Waals surface area (Å²) in [5.74, 6) is -1.08. The molecule has 0 saturated carbocycles. The van der Waals surface area contributed by atoms with Gasteiger partial charge in [-0.25, -0.2) is 4.79 Å². The van der Waals surface area contributed by atoms with Gasteiger partial charge in [-0.1, -0.05) is 6.58 Å². The third-order valence-electron chi connectivity index (χ3n) is 0.774. The minimum atomic E-state index is -0.579. The number of hydrogen-bond acceptors (Lipinski definition) is 3. The Hall–Kier alpha value is -0.690. The molecular weight excluding hydrogens is 151 g/mol. The Bertz CT molecular complexity index is 164. The van der Waals surface area contributed by atoms with Crippen LogP contribution in [0.5, 0.6) is 0 Å². The van der Waals surface area contributed by atoms with Crippen LogP contribution in [0, 0.1) is 0 Å². The third-order valence-corrected chi connectivity index (χ3v) is 1.18. The standard InChI is InChI=1S/C6H9O3P/c1-4(2)6(7)9-5(3)10-8/h5H,1H2,2-3H3. The molecule has 0 aromatic heterocycles. The van der Waals surface area contributed by atoms with Crippen molar-refractivity contribution in [3.05, 3.63) is 12.2 Å². The summed E-state index contributed by atoms with van der Waals surface area (Å²) >= 11 is 0. The molecule has 0 saturated heterocycles. The second-order valence-corrected chi connectivity index (χ2v) is 2.83. The molecule has 0 heterocycles. The van der Waals surface area contributed by atoms with Gasteiger partial charge in [-0.3, -0.25) is 4.57 Å². The third kappa shape index (κ3) is 3.36. The topological polar surface area (TPSA) is 43.4 Å². The second kappa shape index (κ2) is 4.18. The Morgan fingerprint density at radius 1 is 1.70 bits per heavy atom. The molecule has 10 heavy (non-hydrogen) atoms. The fraction of sp³-hybridized carbons (Fsp3) is 0.500. The van der Waals surface area contributed by atoms with Gasteiger partial charge in [0.05, 0.1) is 0 Å². The van der Waals surface area contributed by atoms with Crippen molar-refractivity contribution < 1.29 is 14.1 Å². The van der Waals surface area contributed by atoms with Crippen LogP contribution < -0.4 is 0 Å². The van der Waals surface area contributed by atoms with E-state index in [0.717, 1.165) is 0 Å². The number of esters is 1. The molecule has 0 aliphatic rings. The second-order valence-electron chi connectivity index (χ2n) is 1.89. The molecular formula is C6H9O3P. The van der Waals surface area contributed by atoms with Gasteiger partial charge in [0.25, 0.3) is 0 Å². The molecule has 0 bridgehead atoms. The van der Waals surface area contributed by atoms with Gasteiger partial charge < -0.3 is 4.74 Å². The molecule has 0 amide bonds. The molecule has 0 aromatic carbocycles. The molecule has 0 radical (unpaired) electrons. The van der Waals surface area contributed by atoms with E-state index in [9.17, 15) is 9.36 Å². The molecule has 56 valence electrons. The monoisotopic (exact) mass is 160 g/mol. The van der Waals surface area contributed by atoms with Gasteiger partial charge in [-0.05, 0) is 13.8 Å². The van der Waals surface area contributed by atoms with Crippen LogP contribution in [-0.2, 0) is 14.1 Å². The van der Waals surface area contributed by atoms with Crippen LogP contribution >= 0.6 is 8.46 Å². The average Bonchev–Trinajstić information content (AvgIpc) is 1.87. The summed E-state index contributed by atoms with van der Waals surface area (Å²) < 4.78 is 14.7. The quantitative estimate of drug-likeness (QED) is 0.359. The Morgan fingerprint density at radius 3 is 2.50 bits per heavy atom. The molecule has 3 nitrogen and oxygen atoms in total. The Morgan fingerprint density at radius 2 is 2.20 bits per heavy atom. The van der Waals surface area contributed by atoms with Crippen molar-refractivity contribution in [2.75, 3.05) is 0 Å². The maximum atomic E-state index is 10.6. The maximum absolute atomic E-state index is 10.6. The number of ether oxygens (including phenoxy) is 1. The first-order valence-corrected chi connectivity index (χ1v) is 3.65. The fourth-order valence-corrected chi connectivity index (χ4v) is 0.416. The van der Waals surface area contributed by atoms with Crippen molar-refractivity contribution in [1.29, 1.82) is 0 Å². The average molecular weight is 160 g/mol. The van der Waals surface area contributed by atoms with Gasteiger partial charge in [0, 0.05) is 5.57 Å². The van der Waals surface area contributed by atoms with E-state index in [2.05, 4.69) is 11.3 Å². The van der Waals surface area contributed by atoms with Crippen molar-refractivity contribution in [3.63, 3.8) is 0 Å². The molecule has 0 rings (SSSR count). The van der Waals surface area contributed by atoms with Crippen LogP contribution in [0.1, 0.15) is 13.8 Å². The Labute approximate surface area is 61.3 Å². The number of carbonyl (C=O) groups is 1. The van der Waals surface area contributed by atoms with Crippen LogP contribution in [0.4, 0.5) is 0 Å². The Balaban J connectivity index is 3.79. The van der Waals surface area contributed by atoms with Crippen molar-refractivity contribution in [3.8, 4) is 0 Å². The molecule has 1 atom stereocenters. The highest BCUT2D eigenvalue weighted by Crippen LogP contribution is 2.08. The van der Waals surface area contributed by atoms with Crippen LogP contribution in [0.3, 0.4) is 0 Å². The predicted molar refractivity (Wildman–Crippen MR) is 38.0 cm³/mol. The first kappa shape index (κ1) is 9.31. The number of rotatable bonds is 3. The van der Waals surface area contributed by atoms with Crippen LogP contribution in [0.25, 0.3) is 0 Å². The van der Waals surface area contributed by atoms with Gasteiger partial charge in [-0.15, -0.1) is 0 Å². The normalized spacial score (nSPS) is 12.6. The molecule has 1 unspecified atom stereocenters. The lowest BCUT2D eigenvalue weighted by atomic mass is 10.4. The van der Waals surface area contributed by atoms with Gasteiger partial charge in [0.2, 0.25) is 0 Å². The molecule has 0 spiro atoms. The molecule has 0 fully saturated rings. The van der Waals surface area contributed by atoms with Crippen molar-refractivity contribution in [1.82, 2.24) is 0 Å². The highest BCUT2D eigenvalue weighted by Gasteiger charge is 2.08. The van der Waals surface area contributed by atoms with Gasteiger partial charge >= 0.3 is 5.97 Å². The van der Waals surface area contributed by atoms with E-state index in [0.29, 0.717) is 5.57 Å². The summed E-state index contributed by atoms with van der Waals surface area (Å²) in [4.78, 5) is 10.6. The summed E-state index contributed by atoms with van der Waals surface area (Å²) in [5.41, 5.74) is 0.315. The van der Waals surface area contributed by atoms with Crippen LogP contribution in [0.15, 0.2) is 12.2 Å². The summed E-state index contributed by atoms with van der Waals surface area (Å²) in [6.45, 7) is 6.44. The van der Waals surface area contributed by atoms with E-state index in [1.54, 1.807) is 0 Å². The van der Waals surface area contributed by atoms with E-state index in [4.69, 9.17) is 0 Å². The van der Waals surface area contributed by atoms with Gasteiger partial charge in [0.15, 0.2) is 14.3 Å². The van der Waals surface area contributed by atoms with Crippen molar-refractivity contribution in [2.24, 2.45) is 0 Å². The summed E-state index contributed by atoms with van der Waals surface area (Å²) in [6, 6.07) is 0. The lowest BCUT2D eigenvalue weighted by Crippen LogP contribution is -2.09. The summed E-state index contributed by atoms with van der Waals surface area (Å²) in [5, 5.41) is 0. The number of hydrogen-bond donors (Lipinski definition) is 0. The molecule has 0 aliphatic heterocycles. The van der Waals surface area contributed by atoms with Crippen molar-refractivity contribution in [2.45, 2.75) is 19.7 Å². The molecule has 0 aliphatic carbocycles. The highest BCUT2D eigenvalue weighted by atomic mass is 31.1. The van der Waals surface area contributed by atoms with E-state index in [1.165, 1.54) is 13.8 Å². The van der Waals surface area contributed by atoms with E-state index >= 15 is 0 Å². The minimum Gasteiger partial charge on any atom is -0.447 e. The zero-order valence-electron chi connectivity index (χ0n) is 5.96. The molecule has 0 N–H and O–H groups in total. The first-order chi connectivity index (χ1) is 4.57. The zero-order valence-corrected chi connectivity index (χ0v) is 6.85. The fourth-order valence-electron chi connectivity index (χ4n) is 0.277. The van der Waals surface area contributed by atoms with Crippen molar-refractivity contribution >= 4 is 14.4 Å². The van der Waals surface area contributed by atoms with Crippen LogP contribution in [0.2, 0.25) is 0 Å². The maximum Gasteiger partial charge on any atom is 0.334 e. The van der Waals surface area contributed by atoms with Crippen LogP contribution in [-0.4, -0.2) is 11.8 Å². The SMILES string of the molecule is C=C(C)C(=O)OC(C)P=O. The smallest absolute Gasteiger partial charge is 0.334 e. The van der Waals surface area contributed by atoms with E-state index in [-0.39, 0.29) is 8.46 Å². The summed E-state index contributed by atoms with van der Waals surface area (Å²) in [6.07, 6.45) is 0. The zero-order chi connectivity index (χ0) is 8.15. The van der Waals surface area contributed by atoms with E-state index in [1.807, 2.05) is 0 Å². The molecule has 0 aromatic rings. The van der Waals surface area contributed by atoms with E-state index < -0.39 is 11.8 Å². The number of carbonyl (C=O) groups excluding carboxylic acids is 1. The largest absolute Gasteiger partial charge is 0.447 e. The Kier molecular flexibility index (Phi) is 3.89. The lowest BCUT2D eigenvalue weighted by molar-refractivity contribution is -0.139. The lowest BCUT2D eigenvalue weighted by Gasteiger charge is -2.03. The predicted octanol–water partition coefficient (Wildman–Crippen LogP) is 1.74. The minimum absolute atomic E-state index is 0.190. The van der Waals surface area contributed by atoms with Gasteiger partial charge in [-0.2, -0.15) is 0 Å². The highest BCUT2D eigenvalue weighted by molar-refractivity contribution is 7.24. The summed E-state index contributed by atoms with van der Waals surface area (Å²) in [7, 11) is -0.190.